The molecule has 0 atom stereocenters. The molecular weight excluding hydrogens is 511 g/mol. The molecule has 2 aliphatic rings. The SMILES string of the molecule is COc1nc(NC2CCC3(CC2)CN(C(C)=O)C3)nc2[nH]cc(-c3cc(F)c4nc(C)n(CC(F)F)c4c3)c12. The topological polar surface area (TPSA) is 101 Å². The van der Waals surface area contributed by atoms with Gasteiger partial charge in [0.1, 0.15) is 17.0 Å². The predicted molar refractivity (Wildman–Crippen MR) is 140 cm³/mol. The van der Waals surface area contributed by atoms with Crippen LogP contribution in [0.3, 0.4) is 0 Å². The Labute approximate surface area is 222 Å². The largest absolute Gasteiger partial charge is 0.480 e. The van der Waals surface area contributed by atoms with Crippen molar-refractivity contribution in [2.24, 2.45) is 5.41 Å². The van der Waals surface area contributed by atoms with E-state index in [2.05, 4.69) is 25.3 Å². The second kappa shape index (κ2) is 9.42. The molecule has 1 spiro atoms. The molecule has 2 N–H and O–H groups in total. The van der Waals surface area contributed by atoms with Gasteiger partial charge in [0.2, 0.25) is 17.7 Å². The summed E-state index contributed by atoms with van der Waals surface area (Å²) < 4.78 is 48.4. The van der Waals surface area contributed by atoms with Crippen LogP contribution in [0.25, 0.3) is 33.2 Å². The van der Waals surface area contributed by atoms with Crippen molar-refractivity contribution in [3.05, 3.63) is 30.0 Å². The number of aromatic amines is 1. The molecule has 3 aromatic heterocycles. The number of halogens is 3. The van der Waals surface area contributed by atoms with Crippen LogP contribution < -0.4 is 10.1 Å². The number of carbonyl (C=O) groups is 1. The molecule has 1 saturated heterocycles. The molecule has 206 valence electrons. The first-order valence-corrected chi connectivity index (χ1v) is 13.1. The zero-order valence-corrected chi connectivity index (χ0v) is 22.0. The lowest BCUT2D eigenvalue weighted by atomic mass is 9.67. The van der Waals surface area contributed by atoms with Gasteiger partial charge < -0.3 is 24.5 Å². The minimum Gasteiger partial charge on any atom is -0.480 e. The summed E-state index contributed by atoms with van der Waals surface area (Å²) in [5.41, 5.74) is 2.17. The molecule has 1 aliphatic heterocycles. The van der Waals surface area contributed by atoms with Crippen molar-refractivity contribution in [1.82, 2.24) is 29.4 Å². The summed E-state index contributed by atoms with van der Waals surface area (Å²) >= 11 is 0. The Hall–Kier alpha value is -3.83. The lowest BCUT2D eigenvalue weighted by Crippen LogP contribution is -2.59. The van der Waals surface area contributed by atoms with Gasteiger partial charge in [0, 0.05) is 43.2 Å². The highest BCUT2D eigenvalue weighted by Crippen LogP contribution is 2.44. The van der Waals surface area contributed by atoms with Crippen LogP contribution in [0.4, 0.5) is 19.1 Å². The van der Waals surface area contributed by atoms with Crippen molar-refractivity contribution in [3.8, 4) is 17.0 Å². The molecule has 12 heteroatoms. The van der Waals surface area contributed by atoms with Gasteiger partial charge in [-0.05, 0) is 50.3 Å². The van der Waals surface area contributed by atoms with Gasteiger partial charge in [-0.15, -0.1) is 0 Å². The van der Waals surface area contributed by atoms with Gasteiger partial charge >= 0.3 is 0 Å². The van der Waals surface area contributed by atoms with E-state index in [0.29, 0.717) is 45.3 Å². The van der Waals surface area contributed by atoms with E-state index in [-0.39, 0.29) is 22.9 Å². The number of aromatic nitrogens is 5. The minimum absolute atomic E-state index is 0.0524. The molecule has 1 aliphatic carbocycles. The van der Waals surface area contributed by atoms with Crippen molar-refractivity contribution in [2.45, 2.75) is 58.5 Å². The van der Waals surface area contributed by atoms with Gasteiger partial charge in [0.25, 0.3) is 6.43 Å². The van der Waals surface area contributed by atoms with Gasteiger partial charge in [0.15, 0.2) is 5.82 Å². The molecule has 4 heterocycles. The van der Waals surface area contributed by atoms with Gasteiger partial charge in [-0.3, -0.25) is 4.79 Å². The number of fused-ring (bicyclic) bond motifs is 2. The maximum atomic E-state index is 15.1. The van der Waals surface area contributed by atoms with Crippen molar-refractivity contribution in [2.75, 3.05) is 25.5 Å². The van der Waals surface area contributed by atoms with E-state index in [1.54, 1.807) is 26.1 Å². The van der Waals surface area contributed by atoms with Crippen LogP contribution in [0, 0.1) is 18.2 Å². The third-order valence-corrected chi connectivity index (χ3v) is 8.20. The van der Waals surface area contributed by atoms with Crippen molar-refractivity contribution in [1.29, 1.82) is 0 Å². The minimum atomic E-state index is -2.60. The Morgan fingerprint density at radius 1 is 1.23 bits per heavy atom. The molecule has 6 rings (SSSR count). The van der Waals surface area contributed by atoms with Crippen molar-refractivity contribution in [3.63, 3.8) is 0 Å². The highest BCUT2D eigenvalue weighted by molar-refractivity contribution is 5.99. The Morgan fingerprint density at radius 2 is 1.97 bits per heavy atom. The van der Waals surface area contributed by atoms with Crippen LogP contribution in [0.15, 0.2) is 18.3 Å². The van der Waals surface area contributed by atoms with Crippen molar-refractivity contribution >= 4 is 33.9 Å². The first-order valence-electron chi connectivity index (χ1n) is 13.1. The molecule has 4 aromatic rings. The fourth-order valence-electron chi connectivity index (χ4n) is 6.12. The number of alkyl halides is 2. The number of H-pyrrole nitrogens is 1. The number of methoxy groups -OCH3 is 1. The Bertz CT molecular complexity index is 1560. The van der Waals surface area contributed by atoms with Crippen LogP contribution >= 0.6 is 0 Å². The van der Waals surface area contributed by atoms with Gasteiger partial charge in [-0.2, -0.15) is 9.97 Å². The maximum Gasteiger partial charge on any atom is 0.256 e. The molecule has 0 bridgehead atoms. The first kappa shape index (κ1) is 25.4. The summed E-state index contributed by atoms with van der Waals surface area (Å²) in [6.07, 6.45) is 3.08. The summed E-state index contributed by atoms with van der Waals surface area (Å²) in [6.45, 7) is 4.30. The number of hydrogen-bond donors (Lipinski definition) is 2. The molecule has 1 saturated carbocycles. The molecule has 39 heavy (non-hydrogen) atoms. The van der Waals surface area contributed by atoms with Crippen LogP contribution in [-0.2, 0) is 11.3 Å². The Kier molecular flexibility index (Phi) is 6.15. The monoisotopic (exact) mass is 541 g/mol. The number of carbonyl (C=O) groups excluding carboxylic acids is 1. The van der Waals surface area contributed by atoms with E-state index in [9.17, 15) is 13.6 Å². The maximum absolute atomic E-state index is 15.1. The molecule has 1 aromatic carbocycles. The number of benzene rings is 1. The lowest BCUT2D eigenvalue weighted by molar-refractivity contribution is -0.143. The fraction of sp³-hybridized carbons (Fsp3) is 0.481. The molecule has 1 amide bonds. The Morgan fingerprint density at radius 3 is 2.64 bits per heavy atom. The van der Waals surface area contributed by atoms with E-state index >= 15 is 4.39 Å². The number of imidazole rings is 1. The van der Waals surface area contributed by atoms with E-state index in [1.807, 2.05) is 4.90 Å². The number of rotatable bonds is 6. The van der Waals surface area contributed by atoms with Gasteiger partial charge in [-0.1, -0.05) is 0 Å². The number of likely N-dealkylation sites (tertiary alicyclic amines) is 1. The van der Waals surface area contributed by atoms with E-state index < -0.39 is 18.8 Å². The number of anilines is 1. The number of amides is 1. The van der Waals surface area contributed by atoms with Crippen LogP contribution in [-0.4, -0.2) is 68.0 Å². The summed E-state index contributed by atoms with van der Waals surface area (Å²) in [5, 5.41) is 4.00. The quantitative estimate of drug-likeness (QED) is 0.360. The number of aryl methyl sites for hydroxylation is 1. The van der Waals surface area contributed by atoms with Gasteiger partial charge in [-0.25, -0.2) is 18.2 Å². The molecule has 2 fully saturated rings. The summed E-state index contributed by atoms with van der Waals surface area (Å²) in [7, 11) is 1.51. The van der Waals surface area contributed by atoms with Crippen molar-refractivity contribution < 1.29 is 22.7 Å². The van der Waals surface area contributed by atoms with E-state index in [1.165, 1.54) is 17.7 Å². The van der Waals surface area contributed by atoms with Gasteiger partial charge in [0.05, 0.1) is 24.6 Å². The Balaban J connectivity index is 1.27. The normalized spacial score (nSPS) is 17.4. The smallest absolute Gasteiger partial charge is 0.256 e. The third-order valence-electron chi connectivity index (χ3n) is 8.20. The zero-order valence-electron chi connectivity index (χ0n) is 22.0. The first-order chi connectivity index (χ1) is 18.7. The van der Waals surface area contributed by atoms with E-state index in [4.69, 9.17) is 4.74 Å². The molecule has 9 nitrogen and oxygen atoms in total. The predicted octanol–water partition coefficient (Wildman–Crippen LogP) is 4.90. The van der Waals surface area contributed by atoms with Crippen LogP contribution in [0.5, 0.6) is 5.88 Å². The molecule has 0 radical (unpaired) electrons. The lowest BCUT2D eigenvalue weighted by Gasteiger charge is -2.53. The summed E-state index contributed by atoms with van der Waals surface area (Å²) in [6, 6.07) is 3.19. The highest BCUT2D eigenvalue weighted by Gasteiger charge is 2.46. The summed E-state index contributed by atoms with van der Waals surface area (Å²) in [4.78, 5) is 30.0. The fourth-order valence-corrected chi connectivity index (χ4v) is 6.12. The standard InChI is InChI=1S/C27H30F3N7O2/c1-14-32-23-19(28)8-16(9-20(23)37(14)11-21(29)30)18-10-31-24-22(18)25(39-3)35-26(34-24)33-17-4-6-27(7-5-17)12-36(13-27)15(2)38/h8-10,17,21H,4-7,11-13H2,1-3H3,(H2,31,33,34,35). The molecule has 0 unspecified atom stereocenters. The number of nitrogens with zero attached hydrogens (tertiary/aromatic N) is 5. The number of nitrogens with one attached hydrogen (secondary N) is 2. The zero-order chi connectivity index (χ0) is 27.5. The average Bonchev–Trinajstić information content (AvgIpc) is 3.44. The molecular formula is C27H30F3N7O2. The van der Waals surface area contributed by atoms with Crippen LogP contribution in [0.2, 0.25) is 0 Å². The van der Waals surface area contributed by atoms with Crippen LogP contribution in [0.1, 0.15) is 38.4 Å². The average molecular weight is 542 g/mol. The second-order valence-corrected chi connectivity index (χ2v) is 10.8. The summed E-state index contributed by atoms with van der Waals surface area (Å²) in [5.74, 6) is 0.606. The number of ether oxygens (including phenoxy) is 1. The number of hydrogen-bond acceptors (Lipinski definition) is 6. The van der Waals surface area contributed by atoms with E-state index in [0.717, 1.165) is 38.8 Å². The highest BCUT2D eigenvalue weighted by atomic mass is 19.3. The second-order valence-electron chi connectivity index (χ2n) is 10.8. The third kappa shape index (κ3) is 4.45.